The summed E-state index contributed by atoms with van der Waals surface area (Å²) in [6.07, 6.45) is 7.37. The van der Waals surface area contributed by atoms with Crippen molar-refractivity contribution in [2.75, 3.05) is 20.6 Å². The number of amides is 3. The summed E-state index contributed by atoms with van der Waals surface area (Å²) in [5.74, 6) is -3.30. The zero-order valence-electron chi connectivity index (χ0n) is 28.1. The summed E-state index contributed by atoms with van der Waals surface area (Å²) in [5, 5.41) is 4.96. The molecule has 1 aliphatic rings. The Kier molecular flexibility index (Phi) is 11.6. The Labute approximate surface area is 286 Å². The first-order valence-corrected chi connectivity index (χ1v) is 16.8. The molecule has 3 N–H and O–H groups in total. The minimum Gasteiger partial charge on any atom is -0.354 e. The Morgan fingerprint density at radius 1 is 0.796 bits per heavy atom. The van der Waals surface area contributed by atoms with Crippen LogP contribution in [0.3, 0.4) is 0 Å². The summed E-state index contributed by atoms with van der Waals surface area (Å²) >= 11 is 0. The number of benzene rings is 4. The normalized spacial score (nSPS) is 15.0. The Morgan fingerprint density at radius 2 is 1.45 bits per heavy atom. The fourth-order valence-electron chi connectivity index (χ4n) is 6.26. The second kappa shape index (κ2) is 16.0. The summed E-state index contributed by atoms with van der Waals surface area (Å²) in [4.78, 5) is 44.5. The minimum absolute atomic E-state index is 0.0601. The largest absolute Gasteiger partial charge is 0.354 e. The van der Waals surface area contributed by atoms with Gasteiger partial charge in [0.25, 0.3) is 0 Å². The molecule has 5 rings (SSSR count). The molecule has 49 heavy (non-hydrogen) atoms. The molecule has 0 heterocycles. The Morgan fingerprint density at radius 3 is 2.14 bits per heavy atom. The lowest BCUT2D eigenvalue weighted by Gasteiger charge is -2.37. The highest BCUT2D eigenvalue weighted by atomic mass is 19.2. The minimum atomic E-state index is -1.07. The molecule has 4 aromatic rings. The quantitative estimate of drug-likeness (QED) is 0.168. The standard InChI is InChI=1S/C40H44F2N4O3/c1-45(37(47)14-8-20-40(43)21-9-22-40)36(27-29-15-17-31-12-6-7-13-32(31)24-29)39(49)46(2)35(26-30-16-18-33(41)34(42)25-30)38(48)44-23-19-28-10-4-3-5-11-28/h3-8,10-18,24-25,35-36H,9,19-23,26-27,43H2,1-2H3,(H,44,48)/t35-,36-/m1/s1. The highest BCUT2D eigenvalue weighted by molar-refractivity contribution is 5.95. The van der Waals surface area contributed by atoms with Crippen LogP contribution in [0.15, 0.2) is 103 Å². The maximum atomic E-state index is 14.5. The van der Waals surface area contributed by atoms with E-state index >= 15 is 0 Å². The third-order valence-corrected chi connectivity index (χ3v) is 9.56. The molecule has 1 saturated carbocycles. The maximum absolute atomic E-state index is 14.5. The predicted molar refractivity (Wildman–Crippen MR) is 189 cm³/mol. The van der Waals surface area contributed by atoms with Crippen LogP contribution < -0.4 is 11.1 Å². The van der Waals surface area contributed by atoms with Crippen LogP contribution in [0.4, 0.5) is 8.78 Å². The van der Waals surface area contributed by atoms with Gasteiger partial charge in [-0.25, -0.2) is 8.78 Å². The molecule has 256 valence electrons. The second-order valence-corrected chi connectivity index (χ2v) is 13.1. The summed E-state index contributed by atoms with van der Waals surface area (Å²) in [6, 6.07) is 24.9. The van der Waals surface area contributed by atoms with Crippen molar-refractivity contribution in [3.05, 3.63) is 131 Å². The molecular formula is C40H44F2N4O3. The number of rotatable bonds is 14. The summed E-state index contributed by atoms with van der Waals surface area (Å²) in [6.45, 7) is 0.311. The molecule has 1 aliphatic carbocycles. The van der Waals surface area contributed by atoms with E-state index in [1.165, 1.54) is 29.0 Å². The number of nitrogens with one attached hydrogen (secondary N) is 1. The fraction of sp³-hybridized carbons (Fsp3) is 0.325. The summed E-state index contributed by atoms with van der Waals surface area (Å²) in [7, 11) is 3.09. The van der Waals surface area contributed by atoms with Gasteiger partial charge in [-0.05, 0) is 77.8 Å². The van der Waals surface area contributed by atoms with Crippen molar-refractivity contribution >= 4 is 28.5 Å². The first kappa shape index (κ1) is 35.4. The molecule has 0 unspecified atom stereocenters. The van der Waals surface area contributed by atoms with Crippen LogP contribution in [0.25, 0.3) is 10.8 Å². The smallest absolute Gasteiger partial charge is 0.246 e. The van der Waals surface area contributed by atoms with E-state index in [1.807, 2.05) is 72.8 Å². The average molecular weight is 667 g/mol. The van der Waals surface area contributed by atoms with Crippen molar-refractivity contribution in [2.45, 2.75) is 62.6 Å². The predicted octanol–water partition coefficient (Wildman–Crippen LogP) is 5.74. The Balaban J connectivity index is 1.41. The number of nitrogens with zero attached hydrogens (tertiary/aromatic N) is 2. The van der Waals surface area contributed by atoms with Crippen molar-refractivity contribution in [1.82, 2.24) is 15.1 Å². The molecule has 0 aliphatic heterocycles. The first-order chi connectivity index (χ1) is 23.5. The molecule has 0 saturated heterocycles. The van der Waals surface area contributed by atoms with Crippen LogP contribution in [-0.2, 0) is 33.6 Å². The molecule has 4 aromatic carbocycles. The fourth-order valence-corrected chi connectivity index (χ4v) is 6.26. The van der Waals surface area contributed by atoms with Gasteiger partial charge in [-0.2, -0.15) is 0 Å². The Hall–Kier alpha value is -4.89. The highest BCUT2D eigenvalue weighted by Gasteiger charge is 2.35. The van der Waals surface area contributed by atoms with E-state index in [-0.39, 0.29) is 24.3 Å². The third kappa shape index (κ3) is 9.18. The molecule has 3 amide bonds. The number of hydrogen-bond donors (Lipinski definition) is 2. The number of carbonyl (C=O) groups excluding carboxylic acids is 3. The van der Waals surface area contributed by atoms with Gasteiger partial charge >= 0.3 is 0 Å². The molecule has 9 heteroatoms. The van der Waals surface area contributed by atoms with E-state index in [0.29, 0.717) is 24.9 Å². The molecule has 0 aromatic heterocycles. The van der Waals surface area contributed by atoms with E-state index in [1.54, 1.807) is 13.1 Å². The zero-order chi connectivity index (χ0) is 35.0. The van der Waals surface area contributed by atoms with Gasteiger partial charge in [0.15, 0.2) is 11.6 Å². The molecule has 2 atom stereocenters. The number of likely N-dealkylation sites (N-methyl/N-ethyl adjacent to an activating group) is 2. The molecule has 0 spiro atoms. The van der Waals surface area contributed by atoms with Gasteiger partial charge in [0.1, 0.15) is 12.1 Å². The molecular weight excluding hydrogens is 622 g/mol. The van der Waals surface area contributed by atoms with Gasteiger partial charge in [-0.1, -0.05) is 84.9 Å². The molecule has 7 nitrogen and oxygen atoms in total. The van der Waals surface area contributed by atoms with E-state index in [0.717, 1.165) is 53.3 Å². The number of carbonyl (C=O) groups is 3. The van der Waals surface area contributed by atoms with Crippen molar-refractivity contribution in [1.29, 1.82) is 0 Å². The van der Waals surface area contributed by atoms with Crippen LogP contribution >= 0.6 is 0 Å². The first-order valence-electron chi connectivity index (χ1n) is 16.8. The summed E-state index contributed by atoms with van der Waals surface area (Å²) in [5.41, 5.74) is 8.29. The lowest BCUT2D eigenvalue weighted by molar-refractivity contribution is -0.146. The van der Waals surface area contributed by atoms with E-state index in [2.05, 4.69) is 5.32 Å². The third-order valence-electron chi connectivity index (χ3n) is 9.56. The van der Waals surface area contributed by atoms with E-state index < -0.39 is 35.5 Å². The van der Waals surface area contributed by atoms with Crippen LogP contribution in [0.5, 0.6) is 0 Å². The van der Waals surface area contributed by atoms with Crippen molar-refractivity contribution in [3.63, 3.8) is 0 Å². The van der Waals surface area contributed by atoms with Crippen molar-refractivity contribution in [2.24, 2.45) is 5.73 Å². The monoisotopic (exact) mass is 666 g/mol. The highest BCUT2D eigenvalue weighted by Crippen LogP contribution is 2.32. The van der Waals surface area contributed by atoms with Crippen molar-refractivity contribution < 1.29 is 23.2 Å². The van der Waals surface area contributed by atoms with E-state index in [9.17, 15) is 23.2 Å². The van der Waals surface area contributed by atoms with Gasteiger partial charge in [0, 0.05) is 39.0 Å². The number of nitrogens with two attached hydrogens (primary N) is 1. The zero-order valence-corrected chi connectivity index (χ0v) is 28.1. The molecule has 0 bridgehead atoms. The van der Waals surface area contributed by atoms with Crippen LogP contribution in [-0.4, -0.2) is 65.8 Å². The van der Waals surface area contributed by atoms with Gasteiger partial charge in [0.2, 0.25) is 17.7 Å². The lowest BCUT2D eigenvalue weighted by Crippen LogP contribution is -2.56. The van der Waals surface area contributed by atoms with Gasteiger partial charge < -0.3 is 20.9 Å². The molecule has 0 radical (unpaired) electrons. The Bertz CT molecular complexity index is 1810. The number of hydrogen-bond acceptors (Lipinski definition) is 4. The SMILES string of the molecule is CN(C(=O)C=CCC1(N)CCC1)[C@H](Cc1ccc2ccccc2c1)C(=O)N(C)[C@H](Cc1ccc(F)c(F)c1)C(=O)NCCc1ccccc1. The maximum Gasteiger partial charge on any atom is 0.246 e. The summed E-state index contributed by atoms with van der Waals surface area (Å²) < 4.78 is 28.0. The van der Waals surface area contributed by atoms with Gasteiger partial charge in [0.05, 0.1) is 0 Å². The molecule has 1 fully saturated rings. The average Bonchev–Trinajstić information content (AvgIpc) is 3.09. The van der Waals surface area contributed by atoms with Crippen LogP contribution in [0.2, 0.25) is 0 Å². The number of halogens is 2. The second-order valence-electron chi connectivity index (χ2n) is 13.1. The van der Waals surface area contributed by atoms with Crippen molar-refractivity contribution in [3.8, 4) is 0 Å². The van der Waals surface area contributed by atoms with Gasteiger partial charge in [-0.15, -0.1) is 0 Å². The van der Waals surface area contributed by atoms with E-state index in [4.69, 9.17) is 5.73 Å². The van der Waals surface area contributed by atoms with Crippen LogP contribution in [0.1, 0.15) is 42.4 Å². The van der Waals surface area contributed by atoms with Crippen LogP contribution in [0, 0.1) is 11.6 Å². The topological polar surface area (TPSA) is 95.7 Å². The number of fused-ring (bicyclic) bond motifs is 1. The lowest BCUT2D eigenvalue weighted by atomic mass is 9.75. The van der Waals surface area contributed by atoms with Gasteiger partial charge in [-0.3, -0.25) is 14.4 Å².